The van der Waals surface area contributed by atoms with Gasteiger partial charge in [-0.25, -0.2) is 4.79 Å². The molecule has 3 rings (SSSR count). The lowest BCUT2D eigenvalue weighted by molar-refractivity contribution is -0.159. The summed E-state index contributed by atoms with van der Waals surface area (Å²) in [4.78, 5) is 37.4. The minimum absolute atomic E-state index is 0.267. The molecule has 17 heavy (non-hydrogen) atoms. The molecule has 1 aliphatic carbocycles. The predicted octanol–water partition coefficient (Wildman–Crippen LogP) is 0.192. The molecule has 1 saturated carbocycles. The molecule has 1 unspecified atom stereocenters. The molecule has 90 valence electrons. The zero-order valence-corrected chi connectivity index (χ0v) is 9.56. The molecule has 2 aliphatic heterocycles. The Morgan fingerprint density at radius 2 is 1.88 bits per heavy atom. The number of hydrogen-bond donors (Lipinski definition) is 0. The van der Waals surface area contributed by atoms with Gasteiger partial charge in [-0.2, -0.15) is 0 Å². The summed E-state index contributed by atoms with van der Waals surface area (Å²) in [6.45, 7) is 0. The molecule has 5 nitrogen and oxygen atoms in total. The number of likely N-dealkylation sites (N-methyl/N-ethyl adjacent to an activating group) is 1. The number of rotatable bonds is 0. The van der Waals surface area contributed by atoms with Crippen LogP contribution in [0.3, 0.4) is 0 Å². The van der Waals surface area contributed by atoms with Gasteiger partial charge in [-0.1, -0.05) is 12.8 Å². The maximum absolute atomic E-state index is 12.5. The van der Waals surface area contributed by atoms with Crippen molar-refractivity contribution in [2.75, 3.05) is 7.05 Å². The molecule has 0 radical (unpaired) electrons. The van der Waals surface area contributed by atoms with Gasteiger partial charge in [0.1, 0.15) is 5.54 Å². The first-order chi connectivity index (χ1) is 8.03. The SMILES string of the molecule is CN1C(=O)C2(C=CC(=O)O2)C(=O)C12CCCC2. The number of Topliss-reactive ketones (excluding diaryl/α,β-unsaturated/α-hetero) is 1. The van der Waals surface area contributed by atoms with Crippen LogP contribution in [0.5, 0.6) is 0 Å². The summed E-state index contributed by atoms with van der Waals surface area (Å²) in [6, 6.07) is 0. The van der Waals surface area contributed by atoms with E-state index in [1.54, 1.807) is 7.05 Å². The molecular formula is C12H13NO4. The van der Waals surface area contributed by atoms with Crippen molar-refractivity contribution in [2.24, 2.45) is 0 Å². The Kier molecular flexibility index (Phi) is 1.83. The van der Waals surface area contributed by atoms with Crippen LogP contribution in [0.4, 0.5) is 0 Å². The van der Waals surface area contributed by atoms with Crippen LogP contribution in [-0.2, 0) is 19.1 Å². The van der Waals surface area contributed by atoms with Gasteiger partial charge in [0.25, 0.3) is 11.5 Å². The molecule has 0 aromatic heterocycles. The van der Waals surface area contributed by atoms with E-state index >= 15 is 0 Å². The van der Waals surface area contributed by atoms with Crippen molar-refractivity contribution in [1.29, 1.82) is 0 Å². The van der Waals surface area contributed by atoms with E-state index in [2.05, 4.69) is 0 Å². The van der Waals surface area contributed by atoms with Gasteiger partial charge in [0.2, 0.25) is 5.78 Å². The first-order valence-corrected chi connectivity index (χ1v) is 5.78. The zero-order valence-electron chi connectivity index (χ0n) is 9.56. The van der Waals surface area contributed by atoms with Crippen LogP contribution in [0.2, 0.25) is 0 Å². The fourth-order valence-electron chi connectivity index (χ4n) is 3.21. The lowest BCUT2D eigenvalue weighted by Gasteiger charge is -2.28. The summed E-state index contributed by atoms with van der Waals surface area (Å²) in [7, 11) is 1.63. The fourth-order valence-corrected chi connectivity index (χ4v) is 3.21. The number of amides is 1. The van der Waals surface area contributed by atoms with E-state index in [1.807, 2.05) is 0 Å². The zero-order chi connectivity index (χ0) is 12.3. The Morgan fingerprint density at radius 1 is 1.24 bits per heavy atom. The lowest BCUT2D eigenvalue weighted by Crippen LogP contribution is -2.46. The van der Waals surface area contributed by atoms with Crippen LogP contribution in [0, 0.1) is 0 Å². The number of likely N-dealkylation sites (tertiary alicyclic amines) is 1. The Labute approximate surface area is 98.4 Å². The summed E-state index contributed by atoms with van der Waals surface area (Å²) in [5.41, 5.74) is -2.40. The number of ether oxygens (including phenoxy) is 1. The molecule has 0 aromatic rings. The molecule has 0 N–H and O–H groups in total. The minimum atomic E-state index is -1.66. The van der Waals surface area contributed by atoms with E-state index in [4.69, 9.17) is 4.74 Å². The second-order valence-electron chi connectivity index (χ2n) is 4.92. The predicted molar refractivity (Wildman–Crippen MR) is 56.9 cm³/mol. The van der Waals surface area contributed by atoms with Crippen molar-refractivity contribution in [3.63, 3.8) is 0 Å². The highest BCUT2D eigenvalue weighted by molar-refractivity contribution is 6.24. The van der Waals surface area contributed by atoms with Crippen LogP contribution < -0.4 is 0 Å². The normalized spacial score (nSPS) is 34.4. The summed E-state index contributed by atoms with van der Waals surface area (Å²) in [6.07, 6.45) is 5.66. The van der Waals surface area contributed by atoms with Gasteiger partial charge >= 0.3 is 5.97 Å². The second-order valence-corrected chi connectivity index (χ2v) is 4.92. The van der Waals surface area contributed by atoms with Crippen LogP contribution in [0.1, 0.15) is 25.7 Å². The van der Waals surface area contributed by atoms with Crippen molar-refractivity contribution < 1.29 is 19.1 Å². The van der Waals surface area contributed by atoms with Crippen LogP contribution in [-0.4, -0.2) is 40.7 Å². The van der Waals surface area contributed by atoms with E-state index < -0.39 is 23.0 Å². The van der Waals surface area contributed by atoms with Crippen molar-refractivity contribution in [1.82, 2.24) is 4.90 Å². The average Bonchev–Trinajstić information content (AvgIpc) is 2.96. The monoisotopic (exact) mass is 235 g/mol. The lowest BCUT2D eigenvalue weighted by atomic mass is 9.86. The Balaban J connectivity index is 2.10. The first kappa shape index (κ1) is 10.5. The highest BCUT2D eigenvalue weighted by atomic mass is 16.6. The molecule has 0 aromatic carbocycles. The molecule has 1 atom stereocenters. The van der Waals surface area contributed by atoms with Crippen molar-refractivity contribution in [2.45, 2.75) is 36.8 Å². The Morgan fingerprint density at radius 3 is 2.41 bits per heavy atom. The van der Waals surface area contributed by atoms with Gasteiger partial charge in [0.15, 0.2) is 0 Å². The molecule has 3 aliphatic rings. The smallest absolute Gasteiger partial charge is 0.332 e. The van der Waals surface area contributed by atoms with Crippen molar-refractivity contribution in [3.8, 4) is 0 Å². The number of hydrogen-bond acceptors (Lipinski definition) is 4. The number of ketones is 1. The van der Waals surface area contributed by atoms with E-state index in [-0.39, 0.29) is 5.78 Å². The van der Waals surface area contributed by atoms with Gasteiger partial charge in [-0.3, -0.25) is 9.59 Å². The van der Waals surface area contributed by atoms with Gasteiger partial charge in [-0.15, -0.1) is 0 Å². The van der Waals surface area contributed by atoms with E-state index in [0.29, 0.717) is 12.8 Å². The highest BCUT2D eigenvalue weighted by Gasteiger charge is 2.68. The quantitative estimate of drug-likeness (QED) is 0.444. The van der Waals surface area contributed by atoms with Crippen LogP contribution in [0.25, 0.3) is 0 Å². The third-order valence-corrected chi connectivity index (χ3v) is 4.17. The standard InChI is InChI=1S/C12H13NO4/c1-13-10(16)12(7-4-8(14)17-12)9(15)11(13)5-2-3-6-11/h4,7H,2-3,5-6H2,1H3. The summed E-state index contributed by atoms with van der Waals surface area (Å²) >= 11 is 0. The summed E-state index contributed by atoms with van der Waals surface area (Å²) in [5, 5.41) is 0. The average molecular weight is 235 g/mol. The third-order valence-electron chi connectivity index (χ3n) is 4.17. The molecule has 1 saturated heterocycles. The van der Waals surface area contributed by atoms with Gasteiger partial charge in [0.05, 0.1) is 0 Å². The maximum Gasteiger partial charge on any atom is 0.332 e. The number of carbonyl (C=O) groups is 3. The number of carbonyl (C=O) groups excluding carboxylic acids is 3. The van der Waals surface area contributed by atoms with Crippen LogP contribution in [0.15, 0.2) is 12.2 Å². The van der Waals surface area contributed by atoms with E-state index in [0.717, 1.165) is 18.9 Å². The summed E-state index contributed by atoms with van der Waals surface area (Å²) in [5.74, 6) is -1.29. The Bertz CT molecular complexity index is 461. The van der Waals surface area contributed by atoms with Gasteiger partial charge in [-0.05, 0) is 18.9 Å². The Hall–Kier alpha value is -1.65. The maximum atomic E-state index is 12.5. The van der Waals surface area contributed by atoms with Crippen molar-refractivity contribution in [3.05, 3.63) is 12.2 Å². The molecule has 2 spiro atoms. The molecule has 1 amide bonds. The number of esters is 1. The van der Waals surface area contributed by atoms with E-state index in [9.17, 15) is 14.4 Å². The largest absolute Gasteiger partial charge is 0.433 e. The molecule has 5 heteroatoms. The van der Waals surface area contributed by atoms with Crippen LogP contribution >= 0.6 is 0 Å². The van der Waals surface area contributed by atoms with Crippen molar-refractivity contribution >= 4 is 17.7 Å². The molecule has 2 heterocycles. The summed E-state index contributed by atoms with van der Waals surface area (Å²) < 4.78 is 5.00. The minimum Gasteiger partial charge on any atom is -0.433 e. The topological polar surface area (TPSA) is 63.7 Å². The van der Waals surface area contributed by atoms with Gasteiger partial charge in [0, 0.05) is 13.1 Å². The fraction of sp³-hybridized carbons (Fsp3) is 0.583. The highest BCUT2D eigenvalue weighted by Crippen LogP contribution is 2.46. The first-order valence-electron chi connectivity index (χ1n) is 5.78. The molecule has 2 fully saturated rings. The van der Waals surface area contributed by atoms with E-state index in [1.165, 1.54) is 11.0 Å². The molecular weight excluding hydrogens is 222 g/mol. The third kappa shape index (κ3) is 1.02. The van der Waals surface area contributed by atoms with Gasteiger partial charge < -0.3 is 9.64 Å². The second kappa shape index (κ2) is 2.97. The number of nitrogens with zero attached hydrogens (tertiary/aromatic N) is 1. The molecule has 0 bridgehead atoms.